The van der Waals surface area contributed by atoms with Crippen LogP contribution < -0.4 is 0 Å². The fraction of sp³-hybridized carbons (Fsp3) is 1.00. The Morgan fingerprint density at radius 1 is 0.750 bits per heavy atom. The molecule has 1 nitrogen and oxygen atoms in total. The summed E-state index contributed by atoms with van der Waals surface area (Å²) in [5.41, 5.74) is 0. The van der Waals surface area contributed by atoms with E-state index in [4.69, 9.17) is 0 Å². The molecule has 3 fully saturated rings. The van der Waals surface area contributed by atoms with Gasteiger partial charge in [-0.1, -0.05) is 32.6 Å². The molecule has 3 unspecified atom stereocenters. The van der Waals surface area contributed by atoms with Gasteiger partial charge in [-0.3, -0.25) is 0 Å². The SMILES string of the molecule is CCCC1CCC(C2CCC(C3CCC(CO)CC3)C(F)C2)CC1. The average Bonchev–Trinajstić information content (AvgIpc) is 2.63. The Bertz CT molecular complexity index is 355. The lowest BCUT2D eigenvalue weighted by Crippen LogP contribution is -2.36. The minimum atomic E-state index is -0.548. The van der Waals surface area contributed by atoms with Crippen LogP contribution in [0.25, 0.3) is 0 Å². The fourth-order valence-corrected chi connectivity index (χ4v) is 6.28. The van der Waals surface area contributed by atoms with Gasteiger partial charge in [0.05, 0.1) is 0 Å². The summed E-state index contributed by atoms with van der Waals surface area (Å²) in [5.74, 6) is 3.89. The predicted octanol–water partition coefficient (Wildman–Crippen LogP) is 6.15. The van der Waals surface area contributed by atoms with Crippen molar-refractivity contribution >= 4 is 0 Å². The Labute approximate surface area is 148 Å². The third kappa shape index (κ3) is 4.54. The Morgan fingerprint density at radius 2 is 1.33 bits per heavy atom. The zero-order valence-electron chi connectivity index (χ0n) is 15.8. The van der Waals surface area contributed by atoms with Crippen LogP contribution in [0, 0.1) is 35.5 Å². The van der Waals surface area contributed by atoms with Crippen molar-refractivity contribution in [2.24, 2.45) is 35.5 Å². The second-order valence-electron chi connectivity index (χ2n) is 9.29. The standard InChI is InChI=1S/C22H39FO/c1-2-3-16-4-8-18(9-5-16)20-12-13-21(22(23)14-20)19-10-6-17(15-24)7-11-19/h16-22,24H,2-15H2,1H3. The fourth-order valence-electron chi connectivity index (χ4n) is 6.28. The van der Waals surface area contributed by atoms with E-state index in [2.05, 4.69) is 6.92 Å². The van der Waals surface area contributed by atoms with Crippen molar-refractivity contribution in [3.63, 3.8) is 0 Å². The Balaban J connectivity index is 1.44. The van der Waals surface area contributed by atoms with Crippen molar-refractivity contribution < 1.29 is 9.50 Å². The monoisotopic (exact) mass is 338 g/mol. The van der Waals surface area contributed by atoms with Crippen LogP contribution in [0.3, 0.4) is 0 Å². The topological polar surface area (TPSA) is 20.2 Å². The third-order valence-electron chi connectivity index (χ3n) is 7.87. The summed E-state index contributed by atoms with van der Waals surface area (Å²) in [5, 5.41) is 9.30. The molecule has 3 saturated carbocycles. The molecule has 3 aliphatic rings. The third-order valence-corrected chi connectivity index (χ3v) is 7.87. The minimum Gasteiger partial charge on any atom is -0.396 e. The van der Waals surface area contributed by atoms with Crippen molar-refractivity contribution in [3.8, 4) is 0 Å². The van der Waals surface area contributed by atoms with Gasteiger partial charge in [-0.05, 0) is 93.3 Å². The summed E-state index contributed by atoms with van der Waals surface area (Å²) in [6.07, 6.45) is 15.6. The second kappa shape index (κ2) is 9.01. The molecule has 24 heavy (non-hydrogen) atoms. The molecule has 0 aromatic carbocycles. The van der Waals surface area contributed by atoms with Crippen molar-refractivity contribution in [3.05, 3.63) is 0 Å². The molecule has 3 rings (SSSR count). The van der Waals surface area contributed by atoms with Crippen LogP contribution in [0.5, 0.6) is 0 Å². The first-order valence-corrected chi connectivity index (χ1v) is 11.0. The highest BCUT2D eigenvalue weighted by Gasteiger charge is 2.39. The van der Waals surface area contributed by atoms with Crippen LogP contribution in [-0.2, 0) is 0 Å². The number of alkyl halides is 1. The molecule has 3 aliphatic carbocycles. The summed E-state index contributed by atoms with van der Waals surface area (Å²) in [4.78, 5) is 0. The molecule has 0 aromatic rings. The first-order chi connectivity index (χ1) is 11.7. The van der Waals surface area contributed by atoms with Crippen LogP contribution in [0.1, 0.15) is 90.4 Å². The largest absolute Gasteiger partial charge is 0.396 e. The van der Waals surface area contributed by atoms with E-state index in [0.717, 1.165) is 50.4 Å². The number of aliphatic hydroxyl groups is 1. The average molecular weight is 339 g/mol. The van der Waals surface area contributed by atoms with E-state index in [9.17, 15) is 9.50 Å². The second-order valence-corrected chi connectivity index (χ2v) is 9.29. The van der Waals surface area contributed by atoms with Crippen LogP contribution >= 0.6 is 0 Å². The van der Waals surface area contributed by atoms with Gasteiger partial charge in [0.1, 0.15) is 6.17 Å². The number of aliphatic hydroxyl groups excluding tert-OH is 1. The summed E-state index contributed by atoms with van der Waals surface area (Å²) >= 11 is 0. The highest BCUT2D eigenvalue weighted by Crippen LogP contribution is 2.47. The Hall–Kier alpha value is -0.110. The van der Waals surface area contributed by atoms with Crippen molar-refractivity contribution in [1.29, 1.82) is 0 Å². The van der Waals surface area contributed by atoms with E-state index in [-0.39, 0.29) is 0 Å². The van der Waals surface area contributed by atoms with Gasteiger partial charge in [0.2, 0.25) is 0 Å². The molecule has 0 amide bonds. The molecular formula is C22H39FO. The van der Waals surface area contributed by atoms with Crippen LogP contribution in [0.15, 0.2) is 0 Å². The van der Waals surface area contributed by atoms with Gasteiger partial charge in [-0.25, -0.2) is 4.39 Å². The van der Waals surface area contributed by atoms with E-state index in [1.807, 2.05) is 0 Å². The molecule has 0 aromatic heterocycles. The minimum absolute atomic E-state index is 0.331. The number of halogens is 1. The normalized spacial score (nSPS) is 44.4. The van der Waals surface area contributed by atoms with Gasteiger partial charge in [0.25, 0.3) is 0 Å². The Morgan fingerprint density at radius 3 is 1.92 bits per heavy atom. The summed E-state index contributed by atoms with van der Waals surface area (Å²) in [6.45, 7) is 2.63. The van der Waals surface area contributed by atoms with E-state index in [0.29, 0.717) is 30.3 Å². The van der Waals surface area contributed by atoms with Gasteiger partial charge in [-0.15, -0.1) is 0 Å². The molecule has 0 aliphatic heterocycles. The van der Waals surface area contributed by atoms with Gasteiger partial charge in [0.15, 0.2) is 0 Å². The molecule has 0 saturated heterocycles. The molecular weight excluding hydrogens is 299 g/mol. The zero-order valence-corrected chi connectivity index (χ0v) is 15.8. The zero-order chi connectivity index (χ0) is 16.9. The van der Waals surface area contributed by atoms with Crippen LogP contribution in [0.4, 0.5) is 4.39 Å². The lowest BCUT2D eigenvalue weighted by atomic mass is 9.64. The lowest BCUT2D eigenvalue weighted by Gasteiger charge is -2.43. The van der Waals surface area contributed by atoms with Gasteiger partial charge in [0, 0.05) is 6.61 Å². The lowest BCUT2D eigenvalue weighted by molar-refractivity contribution is 0.0291. The van der Waals surface area contributed by atoms with Crippen molar-refractivity contribution in [2.75, 3.05) is 6.61 Å². The van der Waals surface area contributed by atoms with E-state index < -0.39 is 6.17 Å². The maximum absolute atomic E-state index is 15.0. The van der Waals surface area contributed by atoms with E-state index in [1.54, 1.807) is 0 Å². The van der Waals surface area contributed by atoms with E-state index >= 15 is 0 Å². The van der Waals surface area contributed by atoms with Gasteiger partial charge in [-0.2, -0.15) is 0 Å². The molecule has 0 spiro atoms. The van der Waals surface area contributed by atoms with E-state index in [1.165, 1.54) is 44.9 Å². The van der Waals surface area contributed by atoms with Crippen LogP contribution in [-0.4, -0.2) is 17.9 Å². The highest BCUT2D eigenvalue weighted by molar-refractivity contribution is 4.90. The maximum Gasteiger partial charge on any atom is 0.103 e. The number of rotatable bonds is 5. The molecule has 140 valence electrons. The summed E-state index contributed by atoms with van der Waals surface area (Å²) < 4.78 is 15.0. The predicted molar refractivity (Wildman–Crippen MR) is 98.6 cm³/mol. The Kier molecular flexibility index (Phi) is 7.01. The molecule has 0 radical (unpaired) electrons. The van der Waals surface area contributed by atoms with Crippen LogP contribution in [0.2, 0.25) is 0 Å². The molecule has 2 heteroatoms. The summed E-state index contributed by atoms with van der Waals surface area (Å²) in [6, 6.07) is 0. The molecule has 0 bridgehead atoms. The first kappa shape index (κ1) is 18.7. The van der Waals surface area contributed by atoms with Gasteiger partial charge < -0.3 is 5.11 Å². The smallest absolute Gasteiger partial charge is 0.103 e. The van der Waals surface area contributed by atoms with Gasteiger partial charge >= 0.3 is 0 Å². The number of hydrogen-bond acceptors (Lipinski definition) is 1. The number of hydrogen-bond donors (Lipinski definition) is 1. The molecule has 3 atom stereocenters. The quantitative estimate of drug-likeness (QED) is 0.638. The maximum atomic E-state index is 15.0. The van der Waals surface area contributed by atoms with Crippen molar-refractivity contribution in [2.45, 2.75) is 96.6 Å². The van der Waals surface area contributed by atoms with Crippen molar-refractivity contribution in [1.82, 2.24) is 0 Å². The molecule has 0 heterocycles. The first-order valence-electron chi connectivity index (χ1n) is 11.0. The molecule has 1 N–H and O–H groups in total. The highest BCUT2D eigenvalue weighted by atomic mass is 19.1. The summed E-state index contributed by atoms with van der Waals surface area (Å²) in [7, 11) is 0.